The number of Topliss-reactive ketones (excluding diaryl/α,β-unsaturated/α-hetero) is 1. The van der Waals surface area contributed by atoms with Crippen molar-refractivity contribution in [3.63, 3.8) is 0 Å². The zero-order valence-electron chi connectivity index (χ0n) is 11.8. The van der Waals surface area contributed by atoms with E-state index in [9.17, 15) is 4.79 Å². The number of hydrogen-bond acceptors (Lipinski definition) is 4. The number of anilines is 1. The highest BCUT2D eigenvalue weighted by Crippen LogP contribution is 2.35. The van der Waals surface area contributed by atoms with E-state index in [0.29, 0.717) is 12.2 Å². The van der Waals surface area contributed by atoms with Gasteiger partial charge in [0.25, 0.3) is 0 Å². The van der Waals surface area contributed by atoms with Crippen LogP contribution < -0.4 is 14.4 Å². The number of ether oxygens (including phenoxy) is 2. The summed E-state index contributed by atoms with van der Waals surface area (Å²) < 4.78 is 10.6. The molecule has 1 aromatic rings. The minimum absolute atomic E-state index is 0.164. The van der Waals surface area contributed by atoms with Gasteiger partial charge in [0.05, 0.1) is 19.9 Å². The van der Waals surface area contributed by atoms with Gasteiger partial charge in [-0.25, -0.2) is 0 Å². The van der Waals surface area contributed by atoms with Gasteiger partial charge in [-0.1, -0.05) is 6.92 Å². The van der Waals surface area contributed by atoms with E-state index in [1.54, 1.807) is 14.2 Å². The Labute approximate surface area is 114 Å². The second-order valence-electron chi connectivity index (χ2n) is 4.79. The fourth-order valence-electron chi connectivity index (χ4n) is 2.58. The molecule has 1 aromatic carbocycles. The SMILES string of the molecule is CCC(=O)C1CCN(c2ccc(OC)cc2OC)C1. The molecule has 0 radical (unpaired) electrons. The molecule has 1 aliphatic rings. The molecule has 4 heteroatoms. The first-order valence-electron chi connectivity index (χ1n) is 6.69. The molecule has 2 rings (SSSR count). The van der Waals surface area contributed by atoms with Crippen LogP contribution in [0.1, 0.15) is 19.8 Å². The van der Waals surface area contributed by atoms with Gasteiger partial charge in [-0.05, 0) is 18.6 Å². The number of nitrogens with zero attached hydrogens (tertiary/aromatic N) is 1. The summed E-state index contributed by atoms with van der Waals surface area (Å²) in [6, 6.07) is 5.80. The average Bonchev–Trinajstić information content (AvgIpc) is 2.95. The quantitative estimate of drug-likeness (QED) is 0.818. The van der Waals surface area contributed by atoms with Crippen LogP contribution in [0, 0.1) is 5.92 Å². The van der Waals surface area contributed by atoms with Gasteiger partial charge >= 0.3 is 0 Å². The fourth-order valence-corrected chi connectivity index (χ4v) is 2.58. The monoisotopic (exact) mass is 263 g/mol. The van der Waals surface area contributed by atoms with E-state index in [0.717, 1.165) is 36.7 Å². The second kappa shape index (κ2) is 5.95. The van der Waals surface area contributed by atoms with Crippen LogP contribution in [0.25, 0.3) is 0 Å². The van der Waals surface area contributed by atoms with E-state index in [1.807, 2.05) is 25.1 Å². The Bertz CT molecular complexity index is 459. The standard InChI is InChI=1S/C15H21NO3/c1-4-14(17)11-7-8-16(10-11)13-6-5-12(18-2)9-15(13)19-3/h5-6,9,11H,4,7-8,10H2,1-3H3. The van der Waals surface area contributed by atoms with Crippen molar-refractivity contribution in [3.8, 4) is 11.5 Å². The van der Waals surface area contributed by atoms with Crippen LogP contribution in [0.5, 0.6) is 11.5 Å². The Hall–Kier alpha value is -1.71. The molecule has 19 heavy (non-hydrogen) atoms. The van der Waals surface area contributed by atoms with E-state index >= 15 is 0 Å². The van der Waals surface area contributed by atoms with Crippen molar-refractivity contribution in [2.75, 3.05) is 32.2 Å². The molecule has 1 fully saturated rings. The lowest BCUT2D eigenvalue weighted by molar-refractivity contribution is -0.121. The Morgan fingerprint density at radius 2 is 2.16 bits per heavy atom. The summed E-state index contributed by atoms with van der Waals surface area (Å²) >= 11 is 0. The Balaban J connectivity index is 2.17. The molecule has 1 aliphatic heterocycles. The van der Waals surface area contributed by atoms with Crippen molar-refractivity contribution in [2.45, 2.75) is 19.8 Å². The van der Waals surface area contributed by atoms with Crippen molar-refractivity contribution in [3.05, 3.63) is 18.2 Å². The van der Waals surface area contributed by atoms with Crippen LogP contribution in [0.15, 0.2) is 18.2 Å². The molecule has 1 atom stereocenters. The summed E-state index contributed by atoms with van der Waals surface area (Å²) in [7, 11) is 3.29. The summed E-state index contributed by atoms with van der Waals surface area (Å²) in [5.41, 5.74) is 1.04. The van der Waals surface area contributed by atoms with Crippen molar-refractivity contribution in [1.82, 2.24) is 0 Å². The fraction of sp³-hybridized carbons (Fsp3) is 0.533. The van der Waals surface area contributed by atoms with Crippen molar-refractivity contribution in [1.29, 1.82) is 0 Å². The van der Waals surface area contributed by atoms with Crippen molar-refractivity contribution in [2.24, 2.45) is 5.92 Å². The maximum absolute atomic E-state index is 11.8. The Kier molecular flexibility index (Phi) is 4.30. The van der Waals surface area contributed by atoms with Gasteiger partial charge in [0.15, 0.2) is 0 Å². The molecule has 0 spiro atoms. The van der Waals surface area contributed by atoms with Crippen LogP contribution in [-0.2, 0) is 4.79 Å². The van der Waals surface area contributed by atoms with Gasteiger partial charge in [0.1, 0.15) is 17.3 Å². The van der Waals surface area contributed by atoms with Crippen LogP contribution in [-0.4, -0.2) is 33.1 Å². The lowest BCUT2D eigenvalue weighted by Gasteiger charge is -2.21. The smallest absolute Gasteiger partial charge is 0.145 e. The summed E-state index contributed by atoms with van der Waals surface area (Å²) in [5.74, 6) is 2.09. The van der Waals surface area contributed by atoms with Gasteiger partial charge < -0.3 is 14.4 Å². The van der Waals surface area contributed by atoms with Gasteiger partial charge in [-0.2, -0.15) is 0 Å². The predicted molar refractivity (Wildman–Crippen MR) is 75.2 cm³/mol. The number of benzene rings is 1. The Morgan fingerprint density at radius 1 is 1.37 bits per heavy atom. The maximum atomic E-state index is 11.8. The molecule has 0 N–H and O–H groups in total. The largest absolute Gasteiger partial charge is 0.497 e. The van der Waals surface area contributed by atoms with Crippen molar-refractivity contribution < 1.29 is 14.3 Å². The molecule has 0 amide bonds. The average molecular weight is 263 g/mol. The predicted octanol–water partition coefficient (Wildman–Crippen LogP) is 2.51. The second-order valence-corrected chi connectivity index (χ2v) is 4.79. The van der Waals surface area contributed by atoms with E-state index in [4.69, 9.17) is 9.47 Å². The van der Waals surface area contributed by atoms with Gasteiger partial charge in [0, 0.05) is 31.5 Å². The first kappa shape index (κ1) is 13.7. The number of methoxy groups -OCH3 is 2. The van der Waals surface area contributed by atoms with Crippen LogP contribution in [0.4, 0.5) is 5.69 Å². The summed E-state index contributed by atoms with van der Waals surface area (Å²) in [6.07, 6.45) is 1.56. The highest BCUT2D eigenvalue weighted by atomic mass is 16.5. The highest BCUT2D eigenvalue weighted by molar-refractivity contribution is 5.82. The number of carbonyl (C=O) groups is 1. The van der Waals surface area contributed by atoms with E-state index in [1.165, 1.54) is 0 Å². The molecule has 0 aliphatic carbocycles. The third kappa shape index (κ3) is 2.83. The third-order valence-corrected chi connectivity index (χ3v) is 3.72. The van der Waals surface area contributed by atoms with Crippen LogP contribution in [0.2, 0.25) is 0 Å². The first-order valence-corrected chi connectivity index (χ1v) is 6.69. The summed E-state index contributed by atoms with van der Waals surface area (Å²) in [4.78, 5) is 14.0. The van der Waals surface area contributed by atoms with Gasteiger partial charge in [-0.15, -0.1) is 0 Å². The van der Waals surface area contributed by atoms with E-state index in [-0.39, 0.29) is 5.92 Å². The Morgan fingerprint density at radius 3 is 2.79 bits per heavy atom. The molecule has 1 heterocycles. The highest BCUT2D eigenvalue weighted by Gasteiger charge is 2.28. The van der Waals surface area contributed by atoms with E-state index in [2.05, 4.69) is 4.90 Å². The number of hydrogen-bond donors (Lipinski definition) is 0. The number of rotatable bonds is 5. The van der Waals surface area contributed by atoms with Crippen LogP contribution >= 0.6 is 0 Å². The molecule has 104 valence electrons. The molecule has 0 aromatic heterocycles. The molecule has 1 saturated heterocycles. The molecular weight excluding hydrogens is 242 g/mol. The molecule has 0 saturated carbocycles. The number of ketones is 1. The molecular formula is C15H21NO3. The zero-order valence-corrected chi connectivity index (χ0v) is 11.8. The summed E-state index contributed by atoms with van der Waals surface area (Å²) in [5, 5.41) is 0. The van der Waals surface area contributed by atoms with Gasteiger partial charge in [-0.3, -0.25) is 4.79 Å². The van der Waals surface area contributed by atoms with Gasteiger partial charge in [0.2, 0.25) is 0 Å². The van der Waals surface area contributed by atoms with Crippen LogP contribution in [0.3, 0.4) is 0 Å². The lowest BCUT2D eigenvalue weighted by atomic mass is 10.0. The maximum Gasteiger partial charge on any atom is 0.145 e. The molecule has 1 unspecified atom stereocenters. The summed E-state index contributed by atoms with van der Waals surface area (Å²) in [6.45, 7) is 3.62. The third-order valence-electron chi connectivity index (χ3n) is 3.72. The van der Waals surface area contributed by atoms with Crippen molar-refractivity contribution >= 4 is 11.5 Å². The minimum Gasteiger partial charge on any atom is -0.497 e. The first-order chi connectivity index (χ1) is 9.19. The van der Waals surface area contributed by atoms with E-state index < -0.39 is 0 Å². The minimum atomic E-state index is 0.164. The number of carbonyl (C=O) groups excluding carboxylic acids is 1. The normalized spacial score (nSPS) is 18.5. The zero-order chi connectivity index (χ0) is 13.8. The topological polar surface area (TPSA) is 38.8 Å². The molecule has 4 nitrogen and oxygen atoms in total. The lowest BCUT2D eigenvalue weighted by Crippen LogP contribution is -2.23. The molecule has 0 bridgehead atoms.